The van der Waals surface area contributed by atoms with Crippen molar-refractivity contribution in [2.75, 3.05) is 13.7 Å². The molecule has 0 unspecified atom stereocenters. The fourth-order valence-corrected chi connectivity index (χ4v) is 1.76. The van der Waals surface area contributed by atoms with Crippen molar-refractivity contribution in [1.82, 2.24) is 0 Å². The summed E-state index contributed by atoms with van der Waals surface area (Å²) >= 11 is 6.16. The second-order valence-corrected chi connectivity index (χ2v) is 3.76. The van der Waals surface area contributed by atoms with Crippen molar-refractivity contribution < 1.29 is 4.74 Å². The maximum Gasteiger partial charge on any atom is 0.138 e. The van der Waals surface area contributed by atoms with E-state index in [-0.39, 0.29) is 0 Å². The number of aryl methyl sites for hydroxylation is 1. The van der Waals surface area contributed by atoms with Gasteiger partial charge in [-0.25, -0.2) is 0 Å². The van der Waals surface area contributed by atoms with Crippen LogP contribution >= 0.6 is 11.6 Å². The van der Waals surface area contributed by atoms with Gasteiger partial charge in [0.1, 0.15) is 5.75 Å². The fraction of sp³-hybridized carbons (Fsp3) is 0.333. The third-order valence-electron chi connectivity index (χ3n) is 2.36. The summed E-state index contributed by atoms with van der Waals surface area (Å²) in [6.45, 7) is 4.54. The van der Waals surface area contributed by atoms with E-state index in [0.29, 0.717) is 11.6 Å². The minimum atomic E-state index is 0.530. The molecule has 15 heavy (non-hydrogen) atoms. The molecular formula is C12H16ClNO. The summed E-state index contributed by atoms with van der Waals surface area (Å²) in [4.78, 5) is 0. The fourth-order valence-electron chi connectivity index (χ4n) is 1.53. The molecule has 0 bridgehead atoms. The van der Waals surface area contributed by atoms with Crippen LogP contribution in [0.5, 0.6) is 5.75 Å². The summed E-state index contributed by atoms with van der Waals surface area (Å²) in [5, 5.41) is 0.666. The molecule has 0 saturated heterocycles. The van der Waals surface area contributed by atoms with Gasteiger partial charge in [0.15, 0.2) is 0 Å². The number of nitrogens with two attached hydrogens (primary N) is 1. The predicted molar refractivity (Wildman–Crippen MR) is 65.6 cm³/mol. The van der Waals surface area contributed by atoms with Crippen molar-refractivity contribution in [2.45, 2.75) is 13.8 Å². The summed E-state index contributed by atoms with van der Waals surface area (Å²) in [5.74, 6) is 0.719. The number of benzene rings is 1. The van der Waals surface area contributed by atoms with E-state index in [1.54, 1.807) is 7.11 Å². The highest BCUT2D eigenvalue weighted by molar-refractivity contribution is 6.33. The monoisotopic (exact) mass is 225 g/mol. The van der Waals surface area contributed by atoms with Crippen LogP contribution in [0.2, 0.25) is 5.02 Å². The molecule has 0 heterocycles. The predicted octanol–water partition coefficient (Wildman–Crippen LogP) is 2.94. The number of halogens is 1. The van der Waals surface area contributed by atoms with Crippen LogP contribution < -0.4 is 10.5 Å². The van der Waals surface area contributed by atoms with Gasteiger partial charge in [-0.1, -0.05) is 23.8 Å². The van der Waals surface area contributed by atoms with Crippen LogP contribution in [-0.2, 0) is 0 Å². The van der Waals surface area contributed by atoms with E-state index < -0.39 is 0 Å². The van der Waals surface area contributed by atoms with E-state index in [2.05, 4.69) is 0 Å². The smallest absolute Gasteiger partial charge is 0.138 e. The Morgan fingerprint density at radius 3 is 2.67 bits per heavy atom. The second kappa shape index (κ2) is 5.19. The van der Waals surface area contributed by atoms with Gasteiger partial charge < -0.3 is 10.5 Å². The average Bonchev–Trinajstić information content (AvgIpc) is 2.23. The first-order valence-corrected chi connectivity index (χ1v) is 5.20. The van der Waals surface area contributed by atoms with Gasteiger partial charge in [-0.15, -0.1) is 0 Å². The third-order valence-corrected chi connectivity index (χ3v) is 2.83. The molecule has 2 N–H and O–H groups in total. The zero-order chi connectivity index (χ0) is 11.4. The van der Waals surface area contributed by atoms with Crippen molar-refractivity contribution in [2.24, 2.45) is 5.73 Å². The SMILES string of the molecule is COc1cc(C)c(/C=C/CN)c(C)c1Cl. The lowest BCUT2D eigenvalue weighted by Crippen LogP contribution is -1.95. The number of hydrogen-bond acceptors (Lipinski definition) is 2. The largest absolute Gasteiger partial charge is 0.495 e. The average molecular weight is 226 g/mol. The van der Waals surface area contributed by atoms with Gasteiger partial charge in [0, 0.05) is 6.54 Å². The van der Waals surface area contributed by atoms with Gasteiger partial charge in [0.05, 0.1) is 12.1 Å². The van der Waals surface area contributed by atoms with Gasteiger partial charge in [-0.2, -0.15) is 0 Å². The van der Waals surface area contributed by atoms with Crippen LogP contribution in [0.1, 0.15) is 16.7 Å². The number of ether oxygens (including phenoxy) is 1. The Morgan fingerprint density at radius 1 is 1.47 bits per heavy atom. The quantitative estimate of drug-likeness (QED) is 0.859. The minimum Gasteiger partial charge on any atom is -0.495 e. The molecule has 82 valence electrons. The maximum absolute atomic E-state index is 6.16. The van der Waals surface area contributed by atoms with E-state index in [9.17, 15) is 0 Å². The lowest BCUT2D eigenvalue weighted by Gasteiger charge is -2.11. The zero-order valence-corrected chi connectivity index (χ0v) is 10.1. The van der Waals surface area contributed by atoms with Crippen molar-refractivity contribution in [3.8, 4) is 5.75 Å². The molecule has 0 fully saturated rings. The Morgan fingerprint density at radius 2 is 2.13 bits per heavy atom. The lowest BCUT2D eigenvalue weighted by atomic mass is 10.0. The van der Waals surface area contributed by atoms with Crippen LogP contribution in [0.4, 0.5) is 0 Å². The molecule has 0 aromatic heterocycles. The van der Waals surface area contributed by atoms with E-state index in [1.165, 1.54) is 0 Å². The molecule has 1 rings (SSSR count). The van der Waals surface area contributed by atoms with Crippen molar-refractivity contribution in [3.63, 3.8) is 0 Å². The number of methoxy groups -OCH3 is 1. The molecule has 0 aliphatic rings. The molecule has 0 aliphatic heterocycles. The van der Waals surface area contributed by atoms with E-state index in [0.717, 1.165) is 22.4 Å². The first-order chi connectivity index (χ1) is 7.11. The Balaban J connectivity index is 3.29. The van der Waals surface area contributed by atoms with Crippen LogP contribution in [0, 0.1) is 13.8 Å². The van der Waals surface area contributed by atoms with Crippen LogP contribution in [0.3, 0.4) is 0 Å². The van der Waals surface area contributed by atoms with Crippen LogP contribution in [-0.4, -0.2) is 13.7 Å². The summed E-state index contributed by atoms with van der Waals surface area (Å²) < 4.78 is 5.19. The maximum atomic E-state index is 6.16. The minimum absolute atomic E-state index is 0.530. The molecule has 0 saturated carbocycles. The first kappa shape index (κ1) is 12.1. The van der Waals surface area contributed by atoms with Crippen LogP contribution in [0.15, 0.2) is 12.1 Å². The normalized spacial score (nSPS) is 11.0. The zero-order valence-electron chi connectivity index (χ0n) is 9.30. The van der Waals surface area contributed by atoms with Gasteiger partial charge in [-0.3, -0.25) is 0 Å². The Bertz CT molecular complexity index is 386. The third kappa shape index (κ3) is 2.52. The molecule has 0 radical (unpaired) electrons. The Kier molecular flexibility index (Phi) is 4.18. The molecule has 2 nitrogen and oxygen atoms in total. The van der Waals surface area contributed by atoms with Gasteiger partial charge in [0.25, 0.3) is 0 Å². The van der Waals surface area contributed by atoms with Crippen molar-refractivity contribution in [3.05, 3.63) is 33.9 Å². The second-order valence-electron chi connectivity index (χ2n) is 3.39. The molecular weight excluding hydrogens is 210 g/mol. The molecule has 0 atom stereocenters. The molecule has 0 aliphatic carbocycles. The molecule has 0 spiro atoms. The van der Waals surface area contributed by atoms with Gasteiger partial charge >= 0.3 is 0 Å². The molecule has 3 heteroatoms. The Hall–Kier alpha value is -0.990. The van der Waals surface area contributed by atoms with Gasteiger partial charge in [0.2, 0.25) is 0 Å². The van der Waals surface area contributed by atoms with E-state index in [1.807, 2.05) is 32.1 Å². The highest BCUT2D eigenvalue weighted by Gasteiger charge is 2.09. The van der Waals surface area contributed by atoms with Crippen molar-refractivity contribution >= 4 is 17.7 Å². The molecule has 1 aromatic rings. The number of hydrogen-bond donors (Lipinski definition) is 1. The first-order valence-electron chi connectivity index (χ1n) is 4.82. The highest BCUT2D eigenvalue weighted by atomic mass is 35.5. The summed E-state index contributed by atoms with van der Waals surface area (Å²) in [6, 6.07) is 1.94. The molecule has 0 amide bonds. The molecule has 1 aromatic carbocycles. The van der Waals surface area contributed by atoms with E-state index in [4.69, 9.17) is 22.1 Å². The highest BCUT2D eigenvalue weighted by Crippen LogP contribution is 2.33. The van der Waals surface area contributed by atoms with Gasteiger partial charge in [-0.05, 0) is 36.6 Å². The topological polar surface area (TPSA) is 35.2 Å². The summed E-state index contributed by atoms with van der Waals surface area (Å²) in [7, 11) is 1.62. The van der Waals surface area contributed by atoms with E-state index >= 15 is 0 Å². The summed E-state index contributed by atoms with van der Waals surface area (Å²) in [5.41, 5.74) is 8.71. The van der Waals surface area contributed by atoms with Crippen molar-refractivity contribution in [1.29, 1.82) is 0 Å². The lowest BCUT2D eigenvalue weighted by molar-refractivity contribution is 0.414. The number of rotatable bonds is 3. The Labute approximate surface area is 95.7 Å². The standard InChI is InChI=1S/C12H16ClNO/c1-8-7-11(15-3)12(13)9(2)10(8)5-4-6-14/h4-5,7H,6,14H2,1-3H3/b5-4+. The van der Waals surface area contributed by atoms with Crippen LogP contribution in [0.25, 0.3) is 6.08 Å². The summed E-state index contributed by atoms with van der Waals surface area (Å²) in [6.07, 6.45) is 3.91.